The molecule has 0 bridgehead atoms. The maximum Gasteiger partial charge on any atom is 0.157 e. The third-order valence-corrected chi connectivity index (χ3v) is 5.08. The Labute approximate surface area is 156 Å². The van der Waals surface area contributed by atoms with Gasteiger partial charge in [-0.15, -0.1) is 10.2 Å². The average molecular weight is 364 g/mol. The van der Waals surface area contributed by atoms with Gasteiger partial charge in [0.05, 0.1) is 24.5 Å². The summed E-state index contributed by atoms with van der Waals surface area (Å²) >= 11 is 6.36. The van der Waals surface area contributed by atoms with Gasteiger partial charge in [-0.25, -0.2) is 0 Å². The molecule has 0 saturated heterocycles. The van der Waals surface area contributed by atoms with Crippen molar-refractivity contribution in [2.45, 2.75) is 13.1 Å². The van der Waals surface area contributed by atoms with E-state index in [2.05, 4.69) is 60.6 Å². The Bertz CT molecular complexity index is 1140. The smallest absolute Gasteiger partial charge is 0.157 e. The molecule has 5 nitrogen and oxygen atoms in total. The van der Waals surface area contributed by atoms with E-state index in [-0.39, 0.29) is 0 Å². The Morgan fingerprint density at radius 3 is 2.77 bits per heavy atom. The van der Waals surface area contributed by atoms with Crippen molar-refractivity contribution in [2.75, 3.05) is 14.1 Å². The van der Waals surface area contributed by atoms with Crippen molar-refractivity contribution in [3.05, 3.63) is 65.2 Å². The highest BCUT2D eigenvalue weighted by atomic mass is 35.5. The number of nitrogens with zero attached hydrogens (tertiary/aromatic N) is 5. The SMILES string of the molecule is CN(C)Cc1nnc2n1-c1ccc(Cl)cc1-c1cc3ccccc3n1C2. The van der Waals surface area contributed by atoms with Gasteiger partial charge in [0.25, 0.3) is 0 Å². The van der Waals surface area contributed by atoms with Gasteiger partial charge in [0, 0.05) is 21.5 Å². The third kappa shape index (κ3) is 2.28. The van der Waals surface area contributed by atoms with Crippen molar-refractivity contribution in [1.29, 1.82) is 0 Å². The van der Waals surface area contributed by atoms with Crippen LogP contribution < -0.4 is 0 Å². The Kier molecular flexibility index (Phi) is 3.42. The van der Waals surface area contributed by atoms with Crippen LogP contribution in [0.25, 0.3) is 27.8 Å². The molecule has 5 rings (SSSR count). The lowest BCUT2D eigenvalue weighted by molar-refractivity contribution is 0.387. The minimum absolute atomic E-state index is 0.676. The second-order valence-corrected chi connectivity index (χ2v) is 7.38. The Balaban J connectivity index is 1.85. The van der Waals surface area contributed by atoms with Crippen molar-refractivity contribution < 1.29 is 0 Å². The minimum Gasteiger partial charge on any atom is -0.333 e. The van der Waals surface area contributed by atoms with Gasteiger partial charge >= 0.3 is 0 Å². The van der Waals surface area contributed by atoms with Gasteiger partial charge < -0.3 is 9.47 Å². The topological polar surface area (TPSA) is 38.9 Å². The lowest BCUT2D eigenvalue weighted by atomic mass is 10.1. The Hall–Kier alpha value is -2.63. The molecule has 3 heterocycles. The highest BCUT2D eigenvalue weighted by molar-refractivity contribution is 6.31. The summed E-state index contributed by atoms with van der Waals surface area (Å²) in [4.78, 5) is 2.10. The van der Waals surface area contributed by atoms with E-state index < -0.39 is 0 Å². The standard InChI is InChI=1S/C20H18ClN5/c1-24(2)11-19-22-23-20-12-25-16-6-4-3-5-13(16)9-18(25)15-10-14(21)7-8-17(15)26(19)20/h3-10H,11-12H2,1-2H3. The molecule has 0 aliphatic carbocycles. The molecule has 0 N–H and O–H groups in total. The minimum atomic E-state index is 0.676. The number of rotatable bonds is 2. The average Bonchev–Trinajstić information content (AvgIpc) is 3.13. The van der Waals surface area contributed by atoms with E-state index in [0.717, 1.165) is 40.2 Å². The summed E-state index contributed by atoms with van der Waals surface area (Å²) in [6.45, 7) is 1.40. The molecule has 0 amide bonds. The number of fused-ring (bicyclic) bond motifs is 7. The molecule has 130 valence electrons. The quantitative estimate of drug-likeness (QED) is 0.476. The molecule has 0 saturated carbocycles. The molecule has 2 aromatic carbocycles. The molecule has 0 fully saturated rings. The van der Waals surface area contributed by atoms with Crippen LogP contribution in [0.1, 0.15) is 11.6 Å². The number of hydrogen-bond acceptors (Lipinski definition) is 3. The molecule has 0 atom stereocenters. The van der Waals surface area contributed by atoms with Gasteiger partial charge in [-0.05, 0) is 44.4 Å². The fourth-order valence-electron chi connectivity index (χ4n) is 3.77. The first-order valence-corrected chi connectivity index (χ1v) is 8.96. The zero-order valence-corrected chi connectivity index (χ0v) is 15.4. The Morgan fingerprint density at radius 1 is 1.08 bits per heavy atom. The molecule has 0 unspecified atom stereocenters. The highest BCUT2D eigenvalue weighted by Crippen LogP contribution is 2.37. The predicted octanol–water partition coefficient (Wildman–Crippen LogP) is 3.97. The first-order valence-electron chi connectivity index (χ1n) is 8.58. The normalized spacial score (nSPS) is 12.8. The summed E-state index contributed by atoms with van der Waals surface area (Å²) < 4.78 is 4.48. The van der Waals surface area contributed by atoms with Gasteiger partial charge in [0.15, 0.2) is 11.6 Å². The maximum absolute atomic E-state index is 6.36. The zero-order chi connectivity index (χ0) is 17.8. The van der Waals surface area contributed by atoms with E-state index in [1.807, 2.05) is 26.2 Å². The molecule has 1 aliphatic heterocycles. The van der Waals surface area contributed by atoms with E-state index in [1.54, 1.807) is 0 Å². The van der Waals surface area contributed by atoms with Crippen LogP contribution in [0.4, 0.5) is 0 Å². The van der Waals surface area contributed by atoms with Gasteiger partial charge in [0.2, 0.25) is 0 Å². The number of benzene rings is 2. The lowest BCUT2D eigenvalue weighted by Gasteiger charge is -2.14. The van der Waals surface area contributed by atoms with Gasteiger partial charge in [-0.3, -0.25) is 4.57 Å². The summed E-state index contributed by atoms with van der Waals surface area (Å²) in [6, 6.07) is 16.7. The number of aromatic nitrogens is 4. The second-order valence-electron chi connectivity index (χ2n) is 6.94. The molecule has 0 radical (unpaired) electrons. The van der Waals surface area contributed by atoms with Crippen LogP contribution in [-0.2, 0) is 13.1 Å². The predicted molar refractivity (Wildman–Crippen MR) is 104 cm³/mol. The number of halogens is 1. The largest absolute Gasteiger partial charge is 0.333 e. The van der Waals surface area contributed by atoms with E-state index in [9.17, 15) is 0 Å². The molecule has 6 heteroatoms. The second kappa shape index (κ2) is 5.69. The lowest BCUT2D eigenvalue weighted by Crippen LogP contribution is -2.16. The summed E-state index contributed by atoms with van der Waals surface area (Å²) in [5.74, 6) is 1.87. The van der Waals surface area contributed by atoms with Crippen LogP contribution in [0.3, 0.4) is 0 Å². The molecule has 26 heavy (non-hydrogen) atoms. The molecular weight excluding hydrogens is 346 g/mol. The highest BCUT2D eigenvalue weighted by Gasteiger charge is 2.25. The fraction of sp³-hybridized carbons (Fsp3) is 0.200. The fourth-order valence-corrected chi connectivity index (χ4v) is 3.95. The summed E-state index contributed by atoms with van der Waals surface area (Å²) in [5.41, 5.74) is 4.53. The van der Waals surface area contributed by atoms with Crippen molar-refractivity contribution in [3.8, 4) is 16.9 Å². The van der Waals surface area contributed by atoms with E-state index in [0.29, 0.717) is 6.54 Å². The zero-order valence-electron chi connectivity index (χ0n) is 14.6. The Morgan fingerprint density at radius 2 is 1.92 bits per heavy atom. The van der Waals surface area contributed by atoms with Gasteiger partial charge in [0.1, 0.15) is 0 Å². The molecule has 4 aromatic rings. The van der Waals surface area contributed by atoms with Crippen molar-refractivity contribution in [2.24, 2.45) is 0 Å². The van der Waals surface area contributed by atoms with Crippen molar-refractivity contribution in [1.82, 2.24) is 24.2 Å². The first-order chi connectivity index (χ1) is 12.6. The van der Waals surface area contributed by atoms with E-state index in [1.165, 1.54) is 10.9 Å². The van der Waals surface area contributed by atoms with Crippen LogP contribution in [0, 0.1) is 0 Å². The van der Waals surface area contributed by atoms with E-state index in [4.69, 9.17) is 11.6 Å². The summed E-state index contributed by atoms with van der Waals surface area (Å²) in [5, 5.41) is 10.9. The van der Waals surface area contributed by atoms with Crippen LogP contribution in [-0.4, -0.2) is 38.3 Å². The summed E-state index contributed by atoms with van der Waals surface area (Å²) in [7, 11) is 4.08. The van der Waals surface area contributed by atoms with Crippen LogP contribution in [0.15, 0.2) is 48.5 Å². The van der Waals surface area contributed by atoms with Crippen molar-refractivity contribution in [3.63, 3.8) is 0 Å². The monoisotopic (exact) mass is 363 g/mol. The maximum atomic E-state index is 6.36. The number of hydrogen-bond donors (Lipinski definition) is 0. The third-order valence-electron chi connectivity index (χ3n) is 4.84. The molecule has 1 aliphatic rings. The molecule has 0 spiro atoms. The number of para-hydroxylation sites is 1. The van der Waals surface area contributed by atoms with Crippen molar-refractivity contribution >= 4 is 22.5 Å². The molecule has 2 aromatic heterocycles. The first kappa shape index (κ1) is 15.6. The van der Waals surface area contributed by atoms with Crippen LogP contribution in [0.5, 0.6) is 0 Å². The molecular formula is C20H18ClN5. The van der Waals surface area contributed by atoms with Crippen LogP contribution in [0.2, 0.25) is 5.02 Å². The van der Waals surface area contributed by atoms with Gasteiger partial charge in [-0.2, -0.15) is 0 Å². The van der Waals surface area contributed by atoms with E-state index >= 15 is 0 Å². The summed E-state index contributed by atoms with van der Waals surface area (Å²) in [6.07, 6.45) is 0. The van der Waals surface area contributed by atoms with Crippen LogP contribution >= 0.6 is 11.6 Å². The van der Waals surface area contributed by atoms with Gasteiger partial charge in [-0.1, -0.05) is 29.8 Å².